The van der Waals surface area contributed by atoms with Crippen LogP contribution in [-0.2, 0) is 9.59 Å². The lowest BCUT2D eigenvalue weighted by Crippen LogP contribution is -2.32. The number of halogens is 1. The highest BCUT2D eigenvalue weighted by Crippen LogP contribution is 2.39. The SMILES string of the molecule is COc1cccc(/C(O)=C2\C(=O)C(=O)N(CCCN(C)C)[C@H]2c2ccc(F)cc2)c1. The molecule has 1 amide bonds. The number of carbonyl (C=O) groups is 2. The van der Waals surface area contributed by atoms with E-state index in [0.717, 1.165) is 6.54 Å². The van der Waals surface area contributed by atoms with E-state index in [2.05, 4.69) is 0 Å². The van der Waals surface area contributed by atoms with Crippen molar-refractivity contribution in [2.75, 3.05) is 34.3 Å². The Bertz CT molecular complexity index is 969. The second-order valence-corrected chi connectivity index (χ2v) is 7.43. The van der Waals surface area contributed by atoms with Crippen LogP contribution >= 0.6 is 0 Å². The lowest BCUT2D eigenvalue weighted by atomic mass is 9.95. The average Bonchev–Trinajstić information content (AvgIpc) is 2.98. The third kappa shape index (κ3) is 4.36. The van der Waals surface area contributed by atoms with Crippen LogP contribution in [0.3, 0.4) is 0 Å². The second-order valence-electron chi connectivity index (χ2n) is 7.43. The van der Waals surface area contributed by atoms with Crippen molar-refractivity contribution < 1.29 is 23.8 Å². The number of aliphatic hydroxyl groups is 1. The molecule has 1 N–H and O–H groups in total. The van der Waals surface area contributed by atoms with E-state index in [-0.39, 0.29) is 11.3 Å². The van der Waals surface area contributed by atoms with Gasteiger partial charge in [-0.1, -0.05) is 24.3 Å². The van der Waals surface area contributed by atoms with E-state index in [1.54, 1.807) is 24.3 Å². The number of carbonyl (C=O) groups excluding carboxylic acids is 2. The fourth-order valence-corrected chi connectivity index (χ4v) is 3.59. The second kappa shape index (κ2) is 9.09. The molecule has 0 saturated carbocycles. The molecule has 7 heteroatoms. The first kappa shape index (κ1) is 21.5. The Morgan fingerprint density at radius 3 is 2.50 bits per heavy atom. The number of ketones is 1. The van der Waals surface area contributed by atoms with Crippen LogP contribution in [0.2, 0.25) is 0 Å². The molecule has 1 aliphatic heterocycles. The number of methoxy groups -OCH3 is 1. The molecular formula is C23H25FN2O4. The van der Waals surface area contributed by atoms with E-state index in [1.807, 2.05) is 19.0 Å². The lowest BCUT2D eigenvalue weighted by molar-refractivity contribution is -0.139. The third-order valence-electron chi connectivity index (χ3n) is 5.07. The van der Waals surface area contributed by atoms with Crippen molar-refractivity contribution in [1.82, 2.24) is 9.80 Å². The van der Waals surface area contributed by atoms with Gasteiger partial charge in [-0.15, -0.1) is 0 Å². The zero-order chi connectivity index (χ0) is 21.8. The molecule has 1 fully saturated rings. The summed E-state index contributed by atoms with van der Waals surface area (Å²) >= 11 is 0. The van der Waals surface area contributed by atoms with Gasteiger partial charge in [0, 0.05) is 12.1 Å². The summed E-state index contributed by atoms with van der Waals surface area (Å²) < 4.78 is 18.7. The van der Waals surface area contributed by atoms with E-state index in [9.17, 15) is 19.1 Å². The van der Waals surface area contributed by atoms with E-state index < -0.39 is 23.5 Å². The van der Waals surface area contributed by atoms with Gasteiger partial charge in [0.2, 0.25) is 0 Å². The zero-order valence-corrected chi connectivity index (χ0v) is 17.3. The highest BCUT2D eigenvalue weighted by molar-refractivity contribution is 6.46. The van der Waals surface area contributed by atoms with Crippen LogP contribution in [0.5, 0.6) is 5.75 Å². The lowest BCUT2D eigenvalue weighted by Gasteiger charge is -2.26. The molecule has 158 valence electrons. The fraction of sp³-hybridized carbons (Fsp3) is 0.304. The number of aliphatic hydroxyl groups excluding tert-OH is 1. The summed E-state index contributed by atoms with van der Waals surface area (Å²) in [7, 11) is 5.35. The van der Waals surface area contributed by atoms with E-state index in [0.29, 0.717) is 29.8 Å². The highest BCUT2D eigenvalue weighted by Gasteiger charge is 2.45. The molecular weight excluding hydrogens is 387 g/mol. The summed E-state index contributed by atoms with van der Waals surface area (Å²) in [6.45, 7) is 1.06. The quantitative estimate of drug-likeness (QED) is 0.430. The molecule has 2 aromatic carbocycles. The van der Waals surface area contributed by atoms with Crippen molar-refractivity contribution in [2.24, 2.45) is 0 Å². The van der Waals surface area contributed by atoms with Crippen molar-refractivity contribution in [2.45, 2.75) is 12.5 Å². The predicted molar refractivity (Wildman–Crippen MR) is 112 cm³/mol. The predicted octanol–water partition coefficient (Wildman–Crippen LogP) is 3.21. The average molecular weight is 412 g/mol. The van der Waals surface area contributed by atoms with Gasteiger partial charge >= 0.3 is 0 Å². The number of ether oxygens (including phenoxy) is 1. The number of nitrogens with zero attached hydrogens (tertiary/aromatic N) is 2. The molecule has 1 heterocycles. The molecule has 0 spiro atoms. The van der Waals surface area contributed by atoms with Crippen molar-refractivity contribution in [3.05, 3.63) is 71.0 Å². The van der Waals surface area contributed by atoms with E-state index >= 15 is 0 Å². The van der Waals surface area contributed by atoms with Gasteiger partial charge in [0.25, 0.3) is 11.7 Å². The summed E-state index contributed by atoms with van der Waals surface area (Å²) in [4.78, 5) is 29.2. The number of rotatable bonds is 7. The number of hydrogen-bond donors (Lipinski definition) is 1. The Morgan fingerprint density at radius 1 is 1.17 bits per heavy atom. The first-order valence-corrected chi connectivity index (χ1v) is 9.66. The van der Waals surface area contributed by atoms with Crippen LogP contribution < -0.4 is 4.74 Å². The summed E-state index contributed by atoms with van der Waals surface area (Å²) in [5, 5.41) is 11.0. The fourth-order valence-electron chi connectivity index (χ4n) is 3.59. The number of benzene rings is 2. The molecule has 6 nitrogen and oxygen atoms in total. The van der Waals surface area contributed by atoms with Crippen LogP contribution in [0.25, 0.3) is 5.76 Å². The normalized spacial score (nSPS) is 18.3. The maximum absolute atomic E-state index is 13.5. The smallest absolute Gasteiger partial charge is 0.295 e. The third-order valence-corrected chi connectivity index (χ3v) is 5.07. The first-order valence-electron chi connectivity index (χ1n) is 9.66. The topological polar surface area (TPSA) is 70.1 Å². The first-order chi connectivity index (χ1) is 14.3. The molecule has 1 aliphatic rings. The van der Waals surface area contributed by atoms with Crippen molar-refractivity contribution >= 4 is 17.4 Å². The van der Waals surface area contributed by atoms with Crippen LogP contribution in [-0.4, -0.2) is 60.9 Å². The summed E-state index contributed by atoms with van der Waals surface area (Å²) in [5.74, 6) is -1.62. The maximum atomic E-state index is 13.5. The van der Waals surface area contributed by atoms with Crippen molar-refractivity contribution in [1.29, 1.82) is 0 Å². The van der Waals surface area contributed by atoms with Gasteiger partial charge in [-0.2, -0.15) is 0 Å². The number of likely N-dealkylation sites (tertiary alicyclic amines) is 1. The van der Waals surface area contributed by atoms with Gasteiger partial charge in [0.15, 0.2) is 0 Å². The van der Waals surface area contributed by atoms with Gasteiger partial charge in [-0.05, 0) is 56.9 Å². The zero-order valence-electron chi connectivity index (χ0n) is 17.3. The molecule has 2 aromatic rings. The van der Waals surface area contributed by atoms with Crippen LogP contribution in [0, 0.1) is 5.82 Å². The minimum atomic E-state index is -0.793. The van der Waals surface area contributed by atoms with Crippen molar-refractivity contribution in [3.63, 3.8) is 0 Å². The molecule has 0 aromatic heterocycles. The van der Waals surface area contributed by atoms with Gasteiger partial charge < -0.3 is 19.6 Å². The van der Waals surface area contributed by atoms with E-state index in [4.69, 9.17) is 4.74 Å². The molecule has 30 heavy (non-hydrogen) atoms. The van der Waals surface area contributed by atoms with Crippen LogP contribution in [0.4, 0.5) is 4.39 Å². The molecule has 1 saturated heterocycles. The molecule has 3 rings (SSSR count). The standard InChI is InChI=1S/C23H25FN2O4/c1-25(2)12-5-13-26-20(15-8-10-17(24)11-9-15)19(22(28)23(26)29)21(27)16-6-4-7-18(14-16)30-3/h4,6-11,14,20,27H,5,12-13H2,1-3H3/b21-19+/t20-/m0/s1. The Hall–Kier alpha value is -3.19. The number of amides is 1. The molecule has 0 radical (unpaired) electrons. The Labute approximate surface area is 175 Å². The molecule has 0 unspecified atom stereocenters. The van der Waals surface area contributed by atoms with Crippen LogP contribution in [0.1, 0.15) is 23.6 Å². The van der Waals surface area contributed by atoms with Gasteiger partial charge in [-0.3, -0.25) is 9.59 Å². The van der Waals surface area contributed by atoms with Crippen molar-refractivity contribution in [3.8, 4) is 5.75 Å². The molecule has 0 bridgehead atoms. The van der Waals surface area contributed by atoms with E-state index in [1.165, 1.54) is 36.3 Å². The highest BCUT2D eigenvalue weighted by atomic mass is 19.1. The minimum absolute atomic E-state index is 0.00952. The summed E-state index contributed by atoms with van der Waals surface area (Å²) in [5.41, 5.74) is 0.919. The maximum Gasteiger partial charge on any atom is 0.295 e. The molecule has 0 aliphatic carbocycles. The summed E-state index contributed by atoms with van der Waals surface area (Å²) in [6, 6.07) is 11.5. The van der Waals surface area contributed by atoms with Gasteiger partial charge in [0.05, 0.1) is 18.7 Å². The number of Topliss-reactive ketones (excluding diaryl/α,β-unsaturated/α-hetero) is 1. The Balaban J connectivity index is 2.09. The molecule has 1 atom stereocenters. The minimum Gasteiger partial charge on any atom is -0.507 e. The van der Waals surface area contributed by atoms with Gasteiger partial charge in [0.1, 0.15) is 17.3 Å². The summed E-state index contributed by atoms with van der Waals surface area (Å²) in [6.07, 6.45) is 0.650. The monoisotopic (exact) mass is 412 g/mol. The Morgan fingerprint density at radius 2 is 1.87 bits per heavy atom. The number of hydrogen-bond acceptors (Lipinski definition) is 5. The largest absolute Gasteiger partial charge is 0.507 e. The van der Waals surface area contributed by atoms with Gasteiger partial charge in [-0.25, -0.2) is 4.39 Å². The van der Waals surface area contributed by atoms with Crippen LogP contribution in [0.15, 0.2) is 54.1 Å². The Kier molecular flexibility index (Phi) is 6.52.